The van der Waals surface area contributed by atoms with Gasteiger partial charge in [-0.1, -0.05) is 13.3 Å². The van der Waals surface area contributed by atoms with Gasteiger partial charge in [-0.15, -0.1) is 0 Å². The fourth-order valence-electron chi connectivity index (χ4n) is 2.95. The standard InChI is InChI=1S/C17H27N3O/c1-4-17(9-7-10-17)13-19-14-8-11-18-15(12-14)16(21)20(5-2)6-3/h8,11-12H,4-7,9-10,13H2,1-3H3,(H,18,19). The molecule has 2 rings (SSSR count). The molecule has 0 aromatic carbocycles. The third kappa shape index (κ3) is 3.55. The van der Waals surface area contributed by atoms with Crippen LogP contribution in [0.25, 0.3) is 0 Å². The van der Waals surface area contributed by atoms with E-state index in [9.17, 15) is 4.79 Å². The molecule has 21 heavy (non-hydrogen) atoms. The number of carbonyl (C=O) groups excluding carboxylic acids is 1. The van der Waals surface area contributed by atoms with Gasteiger partial charge in [-0.3, -0.25) is 9.78 Å². The molecule has 1 saturated carbocycles. The molecule has 0 atom stereocenters. The van der Waals surface area contributed by atoms with Gasteiger partial charge in [0.05, 0.1) is 0 Å². The normalized spacial score (nSPS) is 16.1. The number of anilines is 1. The predicted molar refractivity (Wildman–Crippen MR) is 86.6 cm³/mol. The average molecular weight is 289 g/mol. The fraction of sp³-hybridized carbons (Fsp3) is 0.647. The second-order valence-corrected chi connectivity index (χ2v) is 5.97. The Morgan fingerprint density at radius 1 is 1.33 bits per heavy atom. The zero-order valence-corrected chi connectivity index (χ0v) is 13.5. The summed E-state index contributed by atoms with van der Waals surface area (Å²) in [4.78, 5) is 18.3. The molecule has 0 radical (unpaired) electrons. The van der Waals surface area contributed by atoms with E-state index in [-0.39, 0.29) is 5.91 Å². The van der Waals surface area contributed by atoms with E-state index in [2.05, 4.69) is 17.2 Å². The van der Waals surface area contributed by atoms with Crippen LogP contribution in [0.5, 0.6) is 0 Å². The SMILES string of the molecule is CCN(CC)C(=O)c1cc(NCC2(CC)CCC2)ccn1. The molecule has 1 fully saturated rings. The van der Waals surface area contributed by atoms with Crippen LogP contribution in [0.4, 0.5) is 5.69 Å². The summed E-state index contributed by atoms with van der Waals surface area (Å²) >= 11 is 0. The van der Waals surface area contributed by atoms with Gasteiger partial charge < -0.3 is 10.2 Å². The molecule has 1 amide bonds. The Kier molecular flexibility index (Phi) is 5.21. The molecule has 0 unspecified atom stereocenters. The van der Waals surface area contributed by atoms with Crippen LogP contribution < -0.4 is 5.32 Å². The highest BCUT2D eigenvalue weighted by atomic mass is 16.2. The predicted octanol–water partition coefficient (Wildman–Crippen LogP) is 3.56. The maximum atomic E-state index is 12.3. The highest BCUT2D eigenvalue weighted by Gasteiger charge is 2.34. The van der Waals surface area contributed by atoms with Crippen LogP contribution in [-0.4, -0.2) is 35.4 Å². The Morgan fingerprint density at radius 3 is 2.57 bits per heavy atom. The average Bonchev–Trinajstić information content (AvgIpc) is 2.48. The first-order valence-corrected chi connectivity index (χ1v) is 8.13. The minimum absolute atomic E-state index is 0.0116. The molecule has 1 aromatic rings. The molecule has 1 N–H and O–H groups in total. The molecular weight excluding hydrogens is 262 g/mol. The Hall–Kier alpha value is -1.58. The van der Waals surface area contributed by atoms with Crippen LogP contribution in [-0.2, 0) is 0 Å². The molecule has 1 aromatic heterocycles. The van der Waals surface area contributed by atoms with E-state index in [1.54, 1.807) is 11.1 Å². The second kappa shape index (κ2) is 6.92. The van der Waals surface area contributed by atoms with Crippen molar-refractivity contribution in [1.82, 2.24) is 9.88 Å². The van der Waals surface area contributed by atoms with Crippen molar-refractivity contribution in [2.45, 2.75) is 46.5 Å². The van der Waals surface area contributed by atoms with Crippen LogP contribution in [0, 0.1) is 5.41 Å². The van der Waals surface area contributed by atoms with E-state index in [1.807, 2.05) is 26.0 Å². The van der Waals surface area contributed by atoms with Crippen LogP contribution in [0.2, 0.25) is 0 Å². The van der Waals surface area contributed by atoms with E-state index >= 15 is 0 Å². The summed E-state index contributed by atoms with van der Waals surface area (Å²) < 4.78 is 0. The third-order valence-corrected chi connectivity index (χ3v) is 4.86. The van der Waals surface area contributed by atoms with Gasteiger partial charge in [0.25, 0.3) is 5.91 Å². The molecule has 4 heteroatoms. The lowest BCUT2D eigenvalue weighted by molar-refractivity contribution is 0.0767. The van der Waals surface area contributed by atoms with Gasteiger partial charge in [-0.2, -0.15) is 0 Å². The highest BCUT2D eigenvalue weighted by Crippen LogP contribution is 2.43. The molecule has 1 aliphatic rings. The minimum atomic E-state index is 0.0116. The number of aromatic nitrogens is 1. The summed E-state index contributed by atoms with van der Waals surface area (Å²) in [5.74, 6) is 0.0116. The van der Waals surface area contributed by atoms with E-state index in [1.165, 1.54) is 25.7 Å². The van der Waals surface area contributed by atoms with Crippen LogP contribution >= 0.6 is 0 Å². The first-order valence-electron chi connectivity index (χ1n) is 8.13. The number of nitrogens with zero attached hydrogens (tertiary/aromatic N) is 2. The molecule has 1 aliphatic carbocycles. The monoisotopic (exact) mass is 289 g/mol. The van der Waals surface area contributed by atoms with Crippen LogP contribution in [0.15, 0.2) is 18.3 Å². The Balaban J connectivity index is 2.02. The van der Waals surface area contributed by atoms with Crippen molar-refractivity contribution in [3.63, 3.8) is 0 Å². The van der Waals surface area contributed by atoms with Gasteiger partial charge in [0.15, 0.2) is 0 Å². The zero-order chi connectivity index (χ0) is 15.3. The smallest absolute Gasteiger partial charge is 0.272 e. The number of rotatable bonds is 7. The summed E-state index contributed by atoms with van der Waals surface area (Å²) in [6, 6.07) is 3.82. The van der Waals surface area contributed by atoms with Gasteiger partial charge in [-0.25, -0.2) is 0 Å². The van der Waals surface area contributed by atoms with E-state index in [0.29, 0.717) is 24.2 Å². The molecule has 1 heterocycles. The number of carbonyl (C=O) groups is 1. The van der Waals surface area contributed by atoms with Crippen LogP contribution in [0.3, 0.4) is 0 Å². The Bertz CT molecular complexity index is 473. The van der Waals surface area contributed by atoms with Gasteiger partial charge in [0.1, 0.15) is 5.69 Å². The maximum Gasteiger partial charge on any atom is 0.272 e. The van der Waals surface area contributed by atoms with E-state index < -0.39 is 0 Å². The number of hydrogen-bond acceptors (Lipinski definition) is 3. The topological polar surface area (TPSA) is 45.2 Å². The zero-order valence-electron chi connectivity index (χ0n) is 13.5. The van der Waals surface area contributed by atoms with Gasteiger partial charge in [0, 0.05) is 31.5 Å². The van der Waals surface area contributed by atoms with Crippen molar-refractivity contribution in [2.75, 3.05) is 25.0 Å². The maximum absolute atomic E-state index is 12.3. The largest absolute Gasteiger partial charge is 0.384 e. The summed E-state index contributed by atoms with van der Waals surface area (Å²) in [5, 5.41) is 3.50. The van der Waals surface area contributed by atoms with Crippen molar-refractivity contribution >= 4 is 11.6 Å². The van der Waals surface area contributed by atoms with Crippen LogP contribution in [0.1, 0.15) is 56.9 Å². The Labute approximate surface area is 127 Å². The highest BCUT2D eigenvalue weighted by molar-refractivity contribution is 5.93. The van der Waals surface area contributed by atoms with Crippen molar-refractivity contribution < 1.29 is 4.79 Å². The van der Waals surface area contributed by atoms with Gasteiger partial charge in [0.2, 0.25) is 0 Å². The second-order valence-electron chi connectivity index (χ2n) is 5.97. The summed E-state index contributed by atoms with van der Waals surface area (Å²) in [6.45, 7) is 8.67. The number of nitrogens with one attached hydrogen (secondary N) is 1. The molecule has 0 aliphatic heterocycles. The molecule has 4 nitrogen and oxygen atoms in total. The van der Waals surface area contributed by atoms with Gasteiger partial charge in [-0.05, 0) is 50.7 Å². The van der Waals surface area contributed by atoms with Crippen molar-refractivity contribution in [2.24, 2.45) is 5.41 Å². The minimum Gasteiger partial charge on any atom is -0.384 e. The van der Waals surface area contributed by atoms with Crippen molar-refractivity contribution in [3.05, 3.63) is 24.0 Å². The summed E-state index contributed by atoms with van der Waals surface area (Å²) in [7, 11) is 0. The lowest BCUT2D eigenvalue weighted by Crippen LogP contribution is -2.36. The molecular formula is C17H27N3O. The first kappa shape index (κ1) is 15.8. The Morgan fingerprint density at radius 2 is 2.05 bits per heavy atom. The van der Waals surface area contributed by atoms with Crippen molar-refractivity contribution in [3.8, 4) is 0 Å². The summed E-state index contributed by atoms with van der Waals surface area (Å²) in [5.41, 5.74) is 2.00. The lowest BCUT2D eigenvalue weighted by Gasteiger charge is -2.41. The van der Waals surface area contributed by atoms with Crippen molar-refractivity contribution in [1.29, 1.82) is 0 Å². The molecule has 116 valence electrons. The van der Waals surface area contributed by atoms with E-state index in [4.69, 9.17) is 0 Å². The summed E-state index contributed by atoms with van der Waals surface area (Å²) in [6.07, 6.45) is 6.91. The number of amides is 1. The number of pyridine rings is 1. The van der Waals surface area contributed by atoms with Gasteiger partial charge >= 0.3 is 0 Å². The van der Waals surface area contributed by atoms with E-state index in [0.717, 1.165) is 12.2 Å². The fourth-order valence-corrected chi connectivity index (χ4v) is 2.95. The number of hydrogen-bond donors (Lipinski definition) is 1. The lowest BCUT2D eigenvalue weighted by atomic mass is 9.67. The third-order valence-electron chi connectivity index (χ3n) is 4.86. The first-order chi connectivity index (χ1) is 10.1. The molecule has 0 spiro atoms. The quantitative estimate of drug-likeness (QED) is 0.835. The molecule has 0 saturated heterocycles. The molecule has 0 bridgehead atoms.